The van der Waals surface area contributed by atoms with E-state index in [0.29, 0.717) is 23.9 Å². The third-order valence-electron chi connectivity index (χ3n) is 6.21. The lowest BCUT2D eigenvalue weighted by Gasteiger charge is -2.23. The average molecular weight is 430 g/mol. The highest BCUT2D eigenvalue weighted by atomic mass is 32.2. The van der Waals surface area contributed by atoms with E-state index >= 15 is 0 Å². The minimum atomic E-state index is -3.79. The predicted molar refractivity (Wildman–Crippen MR) is 122 cm³/mol. The number of fused-ring (bicyclic) bond motifs is 3. The molecule has 1 aromatic heterocycles. The van der Waals surface area contributed by atoms with Gasteiger partial charge in [-0.15, -0.1) is 0 Å². The number of carbonyl (C=O) groups excluding carboxylic acids is 1. The molecule has 1 heterocycles. The number of carbonyl (C=O) groups is 1. The molecule has 0 aliphatic heterocycles. The lowest BCUT2D eigenvalue weighted by Crippen LogP contribution is -2.26. The number of Topliss-reactive ketones (excluding diaryl/α,β-unsaturated/α-hetero) is 1. The molecular weight excluding hydrogens is 406 g/mol. The summed E-state index contributed by atoms with van der Waals surface area (Å²) in [4.78, 5) is 13.4. The van der Waals surface area contributed by atoms with Gasteiger partial charge in [-0.2, -0.15) is 0 Å². The van der Waals surface area contributed by atoms with Crippen LogP contribution in [0, 0.1) is 12.8 Å². The molecule has 0 saturated heterocycles. The van der Waals surface area contributed by atoms with Crippen molar-refractivity contribution in [1.82, 2.24) is 3.97 Å². The van der Waals surface area contributed by atoms with Gasteiger partial charge in [-0.1, -0.05) is 66.2 Å². The van der Waals surface area contributed by atoms with Crippen LogP contribution >= 0.6 is 0 Å². The van der Waals surface area contributed by atoms with Crippen molar-refractivity contribution in [2.24, 2.45) is 5.92 Å². The summed E-state index contributed by atoms with van der Waals surface area (Å²) >= 11 is 0. The molecule has 4 nitrogen and oxygen atoms in total. The monoisotopic (exact) mass is 429 g/mol. The molecule has 156 valence electrons. The quantitative estimate of drug-likeness (QED) is 0.420. The molecule has 0 unspecified atom stereocenters. The van der Waals surface area contributed by atoms with Crippen molar-refractivity contribution in [3.63, 3.8) is 0 Å². The first-order valence-corrected chi connectivity index (χ1v) is 11.9. The van der Waals surface area contributed by atoms with Gasteiger partial charge < -0.3 is 0 Å². The molecule has 0 radical (unpaired) electrons. The fourth-order valence-electron chi connectivity index (χ4n) is 4.62. The number of hydrogen-bond donors (Lipinski definition) is 0. The van der Waals surface area contributed by atoms with Crippen LogP contribution < -0.4 is 0 Å². The highest BCUT2D eigenvalue weighted by molar-refractivity contribution is 7.90. The molecule has 0 spiro atoms. The SMILES string of the molecule is Cc1ccc(S(=O)(=O)n2c3c(c4ccccc42)CC[C@@H](C(=O)c2ccccc2)C3)cc1. The fraction of sp³-hybridized carbons (Fsp3) is 0.192. The Bertz CT molecular complexity index is 1380. The number of hydrogen-bond acceptors (Lipinski definition) is 3. The molecule has 5 heteroatoms. The molecule has 5 rings (SSSR count). The van der Waals surface area contributed by atoms with E-state index in [1.807, 2.05) is 73.7 Å². The first kappa shape index (κ1) is 19.8. The van der Waals surface area contributed by atoms with E-state index in [-0.39, 0.29) is 16.6 Å². The molecule has 0 N–H and O–H groups in total. The van der Waals surface area contributed by atoms with E-state index < -0.39 is 10.0 Å². The number of nitrogens with zero attached hydrogens (tertiary/aromatic N) is 1. The van der Waals surface area contributed by atoms with Gasteiger partial charge in [0.15, 0.2) is 5.78 Å². The molecule has 4 aromatic rings. The molecule has 1 aliphatic rings. The Hall–Kier alpha value is -3.18. The smallest absolute Gasteiger partial charge is 0.268 e. The van der Waals surface area contributed by atoms with Gasteiger partial charge in [0, 0.05) is 22.6 Å². The van der Waals surface area contributed by atoms with Crippen LogP contribution in [0.2, 0.25) is 0 Å². The van der Waals surface area contributed by atoms with E-state index in [9.17, 15) is 13.2 Å². The average Bonchev–Trinajstić information content (AvgIpc) is 3.14. The third-order valence-corrected chi connectivity index (χ3v) is 7.98. The van der Waals surface area contributed by atoms with Gasteiger partial charge in [-0.25, -0.2) is 12.4 Å². The highest BCUT2D eigenvalue weighted by Gasteiger charge is 2.33. The summed E-state index contributed by atoms with van der Waals surface area (Å²) < 4.78 is 28.9. The Morgan fingerprint density at radius 1 is 0.903 bits per heavy atom. The number of rotatable bonds is 4. The summed E-state index contributed by atoms with van der Waals surface area (Å²) in [7, 11) is -3.79. The van der Waals surface area contributed by atoms with Crippen LogP contribution in [-0.4, -0.2) is 18.2 Å². The van der Waals surface area contributed by atoms with Gasteiger partial charge in [0.1, 0.15) is 0 Å². The van der Waals surface area contributed by atoms with Crippen LogP contribution in [0.5, 0.6) is 0 Å². The lowest BCUT2D eigenvalue weighted by molar-refractivity contribution is 0.0908. The van der Waals surface area contributed by atoms with Crippen LogP contribution in [0.3, 0.4) is 0 Å². The Morgan fingerprint density at radius 2 is 1.58 bits per heavy atom. The third kappa shape index (κ3) is 3.29. The number of ketones is 1. The van der Waals surface area contributed by atoms with Gasteiger partial charge in [-0.05, 0) is 49.9 Å². The Morgan fingerprint density at radius 3 is 2.32 bits per heavy atom. The van der Waals surface area contributed by atoms with Gasteiger partial charge in [0.05, 0.1) is 10.4 Å². The van der Waals surface area contributed by atoms with E-state index in [1.54, 1.807) is 12.1 Å². The fourth-order valence-corrected chi connectivity index (χ4v) is 6.20. The summed E-state index contributed by atoms with van der Waals surface area (Å²) in [5.74, 6) is -0.151. The van der Waals surface area contributed by atoms with E-state index in [0.717, 1.165) is 28.6 Å². The first-order valence-electron chi connectivity index (χ1n) is 10.5. The van der Waals surface area contributed by atoms with E-state index in [2.05, 4.69) is 0 Å². The second kappa shape index (κ2) is 7.50. The normalized spacial score (nSPS) is 16.2. The second-order valence-corrected chi connectivity index (χ2v) is 9.98. The van der Waals surface area contributed by atoms with Crippen LogP contribution in [0.4, 0.5) is 0 Å². The van der Waals surface area contributed by atoms with Gasteiger partial charge in [0.25, 0.3) is 10.0 Å². The van der Waals surface area contributed by atoms with Gasteiger partial charge >= 0.3 is 0 Å². The van der Waals surface area contributed by atoms with Crippen molar-refractivity contribution >= 4 is 26.7 Å². The maximum atomic E-state index is 13.7. The van der Waals surface area contributed by atoms with Crippen molar-refractivity contribution in [1.29, 1.82) is 0 Å². The van der Waals surface area contributed by atoms with Gasteiger partial charge in [-0.3, -0.25) is 4.79 Å². The summed E-state index contributed by atoms with van der Waals surface area (Å²) in [6.07, 6.45) is 1.83. The maximum absolute atomic E-state index is 13.7. The Kier molecular flexibility index (Phi) is 4.78. The molecular formula is C26H23NO3S. The predicted octanol–water partition coefficient (Wildman–Crippen LogP) is 5.17. The molecule has 0 fully saturated rings. The minimum Gasteiger partial charge on any atom is -0.294 e. The number of benzene rings is 3. The van der Waals surface area contributed by atoms with Crippen molar-refractivity contribution < 1.29 is 13.2 Å². The summed E-state index contributed by atoms with van der Waals surface area (Å²) in [6, 6.07) is 23.8. The van der Waals surface area contributed by atoms with Crippen molar-refractivity contribution in [3.05, 3.63) is 101 Å². The van der Waals surface area contributed by atoms with Crippen molar-refractivity contribution in [2.45, 2.75) is 31.1 Å². The molecule has 0 amide bonds. The maximum Gasteiger partial charge on any atom is 0.268 e. The topological polar surface area (TPSA) is 56.1 Å². The zero-order chi connectivity index (χ0) is 21.6. The molecule has 0 saturated carbocycles. The molecule has 3 aromatic carbocycles. The second-order valence-electron chi connectivity index (χ2n) is 8.19. The van der Waals surface area contributed by atoms with Crippen molar-refractivity contribution in [3.8, 4) is 0 Å². The molecule has 1 atom stereocenters. The standard InChI is InChI=1S/C26H23NO3S/c1-18-11-14-21(15-12-18)31(29,30)27-24-10-6-5-9-22(24)23-16-13-20(17-25(23)27)26(28)19-7-3-2-4-8-19/h2-12,14-15,20H,13,16-17H2,1H3/t20-/m1/s1. The Balaban J connectivity index is 1.66. The van der Waals surface area contributed by atoms with Crippen LogP contribution in [-0.2, 0) is 22.9 Å². The number of aromatic nitrogens is 1. The summed E-state index contributed by atoms with van der Waals surface area (Å²) in [6.45, 7) is 1.93. The lowest BCUT2D eigenvalue weighted by atomic mass is 9.82. The zero-order valence-electron chi connectivity index (χ0n) is 17.3. The first-order chi connectivity index (χ1) is 15.0. The van der Waals surface area contributed by atoms with E-state index in [1.165, 1.54) is 3.97 Å². The summed E-state index contributed by atoms with van der Waals surface area (Å²) in [5, 5.41) is 0.957. The van der Waals surface area contributed by atoms with Crippen LogP contribution in [0.15, 0.2) is 83.8 Å². The van der Waals surface area contributed by atoms with Gasteiger partial charge in [0.2, 0.25) is 0 Å². The molecule has 31 heavy (non-hydrogen) atoms. The van der Waals surface area contributed by atoms with Crippen molar-refractivity contribution in [2.75, 3.05) is 0 Å². The number of para-hydroxylation sites is 1. The minimum absolute atomic E-state index is 0.0794. The largest absolute Gasteiger partial charge is 0.294 e. The molecule has 1 aliphatic carbocycles. The Labute approximate surface area is 182 Å². The summed E-state index contributed by atoms with van der Waals surface area (Å²) in [5.41, 5.74) is 4.15. The highest BCUT2D eigenvalue weighted by Crippen LogP contribution is 2.37. The van der Waals surface area contributed by atoms with Crippen LogP contribution in [0.1, 0.15) is 33.6 Å². The number of aryl methyl sites for hydroxylation is 2. The molecule has 0 bridgehead atoms. The van der Waals surface area contributed by atoms with Crippen LogP contribution in [0.25, 0.3) is 10.9 Å². The zero-order valence-corrected chi connectivity index (χ0v) is 18.1. The van der Waals surface area contributed by atoms with E-state index in [4.69, 9.17) is 0 Å².